The van der Waals surface area contributed by atoms with Crippen LogP contribution in [0.2, 0.25) is 0 Å². The van der Waals surface area contributed by atoms with Crippen LogP contribution in [-0.2, 0) is 11.3 Å². The summed E-state index contributed by atoms with van der Waals surface area (Å²) in [5, 5.41) is 14.1. The Kier molecular flexibility index (Phi) is 4.39. The number of pyridine rings is 1. The third kappa shape index (κ3) is 2.82. The van der Waals surface area contributed by atoms with E-state index in [4.69, 9.17) is 4.74 Å². The molecule has 2 rings (SSSR count). The summed E-state index contributed by atoms with van der Waals surface area (Å²) in [5.41, 5.74) is 1.14. The van der Waals surface area contributed by atoms with Crippen LogP contribution in [0.25, 0.3) is 11.4 Å². The highest BCUT2D eigenvalue weighted by Gasteiger charge is 2.18. The van der Waals surface area contributed by atoms with Gasteiger partial charge in [-0.05, 0) is 35.8 Å². The van der Waals surface area contributed by atoms with Gasteiger partial charge in [-0.3, -0.25) is 4.68 Å². The van der Waals surface area contributed by atoms with Crippen LogP contribution in [0, 0.1) is 0 Å². The number of hydrogen-bond acceptors (Lipinski definition) is 5. The quantitative estimate of drug-likeness (QED) is 0.866. The lowest BCUT2D eigenvalue weighted by molar-refractivity contribution is 0.0518. The van der Waals surface area contributed by atoms with E-state index in [0.29, 0.717) is 22.4 Å². The summed E-state index contributed by atoms with van der Waals surface area (Å²) in [6.45, 7) is 4.46. The van der Waals surface area contributed by atoms with E-state index in [1.54, 1.807) is 29.9 Å². The molecule has 2 aromatic rings. The van der Waals surface area contributed by atoms with Crippen LogP contribution in [0.3, 0.4) is 0 Å². The molecular weight excluding hydrogens is 326 g/mol. The Labute approximate surface area is 124 Å². The molecule has 2 aromatic heterocycles. The number of carbonyl (C=O) groups excluding carboxylic acids is 1. The van der Waals surface area contributed by atoms with Crippen LogP contribution in [0.15, 0.2) is 22.8 Å². The van der Waals surface area contributed by atoms with Gasteiger partial charge in [-0.2, -0.15) is 5.10 Å². The molecule has 0 aromatic carbocycles. The molecule has 0 amide bonds. The fraction of sp³-hybridized carbons (Fsp3) is 0.308. The highest BCUT2D eigenvalue weighted by molar-refractivity contribution is 9.10. The van der Waals surface area contributed by atoms with Gasteiger partial charge in [0, 0.05) is 23.3 Å². The van der Waals surface area contributed by atoms with Crippen LogP contribution in [-0.4, -0.2) is 32.4 Å². The number of aromatic hydroxyl groups is 1. The number of esters is 1. The fourth-order valence-corrected chi connectivity index (χ4v) is 2.10. The molecule has 7 heteroatoms. The molecule has 20 heavy (non-hydrogen) atoms. The molecule has 1 N–H and O–H groups in total. The average Bonchev–Trinajstić information content (AvgIpc) is 2.83. The van der Waals surface area contributed by atoms with E-state index >= 15 is 0 Å². The second-order valence-corrected chi connectivity index (χ2v) is 4.89. The Bertz CT molecular complexity index is 640. The van der Waals surface area contributed by atoms with Crippen molar-refractivity contribution in [2.75, 3.05) is 6.61 Å². The molecule has 0 aliphatic heterocycles. The zero-order valence-corrected chi connectivity index (χ0v) is 12.7. The van der Waals surface area contributed by atoms with Gasteiger partial charge in [0.25, 0.3) is 0 Å². The fourth-order valence-electron chi connectivity index (χ4n) is 1.78. The summed E-state index contributed by atoms with van der Waals surface area (Å²) in [5.74, 6) is -0.470. The Morgan fingerprint density at radius 2 is 2.20 bits per heavy atom. The minimum atomic E-state index is -0.488. The molecule has 6 nitrogen and oxygen atoms in total. The van der Waals surface area contributed by atoms with Crippen molar-refractivity contribution in [3.8, 4) is 17.1 Å². The van der Waals surface area contributed by atoms with Gasteiger partial charge in [-0.25, -0.2) is 9.78 Å². The van der Waals surface area contributed by atoms with Gasteiger partial charge in [-0.1, -0.05) is 0 Å². The van der Waals surface area contributed by atoms with Gasteiger partial charge in [-0.15, -0.1) is 0 Å². The standard InChI is InChI=1S/C13H14BrN3O3/c1-3-17-10(6-9(16-17)13(19)20-4-2)12-11(18)5-8(14)7-15-12/h5-7,18H,3-4H2,1-2H3. The van der Waals surface area contributed by atoms with Gasteiger partial charge in [0.15, 0.2) is 5.69 Å². The van der Waals surface area contributed by atoms with Crippen molar-refractivity contribution >= 4 is 21.9 Å². The van der Waals surface area contributed by atoms with E-state index < -0.39 is 5.97 Å². The second-order valence-electron chi connectivity index (χ2n) is 3.97. The summed E-state index contributed by atoms with van der Waals surface area (Å²) >= 11 is 3.23. The molecule has 0 saturated heterocycles. The lowest BCUT2D eigenvalue weighted by Crippen LogP contribution is -2.07. The highest BCUT2D eigenvalue weighted by Crippen LogP contribution is 2.29. The lowest BCUT2D eigenvalue weighted by Gasteiger charge is -2.05. The second kappa shape index (κ2) is 6.04. The van der Waals surface area contributed by atoms with Crippen molar-refractivity contribution < 1.29 is 14.6 Å². The van der Waals surface area contributed by atoms with Crippen molar-refractivity contribution in [1.29, 1.82) is 0 Å². The molecule has 0 radical (unpaired) electrons. The number of hydrogen-bond donors (Lipinski definition) is 1. The number of rotatable bonds is 4. The highest BCUT2D eigenvalue weighted by atomic mass is 79.9. The molecule has 0 unspecified atom stereocenters. The first-order valence-electron chi connectivity index (χ1n) is 6.16. The minimum absolute atomic E-state index is 0.0179. The number of aryl methyl sites for hydroxylation is 1. The lowest BCUT2D eigenvalue weighted by atomic mass is 10.2. The molecule has 0 aliphatic rings. The van der Waals surface area contributed by atoms with Crippen molar-refractivity contribution in [1.82, 2.24) is 14.8 Å². The minimum Gasteiger partial charge on any atom is -0.506 e. The third-order valence-corrected chi connectivity index (χ3v) is 3.07. The van der Waals surface area contributed by atoms with Crippen molar-refractivity contribution in [3.63, 3.8) is 0 Å². The molecule has 0 aliphatic carbocycles. The Morgan fingerprint density at radius 1 is 1.45 bits per heavy atom. The maximum Gasteiger partial charge on any atom is 0.358 e. The van der Waals surface area contributed by atoms with E-state index in [-0.39, 0.29) is 18.1 Å². The van der Waals surface area contributed by atoms with Crippen LogP contribution in [0.5, 0.6) is 5.75 Å². The molecule has 0 spiro atoms. The normalized spacial score (nSPS) is 10.6. The first kappa shape index (κ1) is 14.5. The van der Waals surface area contributed by atoms with Gasteiger partial charge in [0.1, 0.15) is 11.4 Å². The largest absolute Gasteiger partial charge is 0.506 e. The molecule has 0 atom stereocenters. The monoisotopic (exact) mass is 339 g/mol. The van der Waals surface area contributed by atoms with Gasteiger partial charge < -0.3 is 9.84 Å². The maximum atomic E-state index is 11.7. The number of aromatic nitrogens is 3. The van der Waals surface area contributed by atoms with Crippen LogP contribution >= 0.6 is 15.9 Å². The van der Waals surface area contributed by atoms with Gasteiger partial charge in [0.2, 0.25) is 0 Å². The van der Waals surface area contributed by atoms with E-state index in [1.165, 1.54) is 0 Å². The van der Waals surface area contributed by atoms with E-state index in [2.05, 4.69) is 26.0 Å². The molecule has 106 valence electrons. The van der Waals surface area contributed by atoms with Crippen molar-refractivity contribution in [2.45, 2.75) is 20.4 Å². The SMILES string of the molecule is CCOC(=O)c1cc(-c2ncc(Br)cc2O)n(CC)n1. The maximum absolute atomic E-state index is 11.7. The summed E-state index contributed by atoms with van der Waals surface area (Å²) in [6.07, 6.45) is 1.58. The molecule has 2 heterocycles. The Balaban J connectivity index is 2.47. The predicted octanol–water partition coefficient (Wildman–Crippen LogP) is 2.61. The van der Waals surface area contributed by atoms with Crippen LogP contribution in [0.1, 0.15) is 24.3 Å². The van der Waals surface area contributed by atoms with E-state index in [1.807, 2.05) is 6.92 Å². The number of carbonyl (C=O) groups is 1. The molecule has 0 fully saturated rings. The number of ether oxygens (including phenoxy) is 1. The van der Waals surface area contributed by atoms with Crippen LogP contribution in [0.4, 0.5) is 0 Å². The first-order valence-corrected chi connectivity index (χ1v) is 6.96. The zero-order valence-electron chi connectivity index (χ0n) is 11.1. The number of nitrogens with zero attached hydrogens (tertiary/aromatic N) is 3. The molecule has 0 bridgehead atoms. The average molecular weight is 340 g/mol. The summed E-state index contributed by atoms with van der Waals surface area (Å²) in [7, 11) is 0. The van der Waals surface area contributed by atoms with Crippen LogP contribution < -0.4 is 0 Å². The Hall–Kier alpha value is -1.89. The molecule has 0 saturated carbocycles. The third-order valence-electron chi connectivity index (χ3n) is 2.64. The zero-order chi connectivity index (χ0) is 14.7. The van der Waals surface area contributed by atoms with Gasteiger partial charge in [0.05, 0.1) is 12.3 Å². The van der Waals surface area contributed by atoms with Crippen molar-refractivity contribution in [2.24, 2.45) is 0 Å². The summed E-state index contributed by atoms with van der Waals surface area (Å²) in [6, 6.07) is 3.11. The topological polar surface area (TPSA) is 77.2 Å². The summed E-state index contributed by atoms with van der Waals surface area (Å²) < 4.78 is 7.19. The first-order chi connectivity index (χ1) is 9.56. The smallest absolute Gasteiger partial charge is 0.358 e. The molecular formula is C13H14BrN3O3. The van der Waals surface area contributed by atoms with Crippen molar-refractivity contribution in [3.05, 3.63) is 28.5 Å². The Morgan fingerprint density at radius 3 is 2.80 bits per heavy atom. The number of halogens is 1. The summed E-state index contributed by atoms with van der Waals surface area (Å²) in [4.78, 5) is 15.9. The van der Waals surface area contributed by atoms with E-state index in [9.17, 15) is 9.90 Å². The van der Waals surface area contributed by atoms with E-state index in [0.717, 1.165) is 0 Å². The predicted molar refractivity (Wildman–Crippen MR) is 76.5 cm³/mol. The van der Waals surface area contributed by atoms with Gasteiger partial charge >= 0.3 is 5.97 Å².